The maximum atomic E-state index is 4.32. The van der Waals surface area contributed by atoms with E-state index in [1.165, 1.54) is 5.56 Å². The Morgan fingerprint density at radius 3 is 2.44 bits per heavy atom. The Hall–Kier alpha value is -0.390. The number of hydrogen-bond acceptors (Lipinski definition) is 3. The van der Waals surface area contributed by atoms with E-state index in [9.17, 15) is 0 Å². The summed E-state index contributed by atoms with van der Waals surface area (Å²) in [6, 6.07) is 5.98. The normalized spacial score (nSPS) is 10.4. The fourth-order valence-electron chi connectivity index (χ4n) is 1.10. The number of hydrogen-bond donors (Lipinski definition) is 0. The van der Waals surface area contributed by atoms with Crippen LogP contribution in [0.2, 0.25) is 0 Å². The van der Waals surface area contributed by atoms with Crippen molar-refractivity contribution < 1.29 is 0 Å². The Morgan fingerprint density at radius 1 is 1.06 bits per heavy atom. The zero-order valence-electron chi connectivity index (χ0n) is 8.45. The standard InChI is InChI=1S/C11H8Br2N2S/c1-7-4-11(15-6-9(7)13)16-10-3-2-8(12)5-14-10/h2-6H,1H3. The van der Waals surface area contributed by atoms with Crippen LogP contribution in [-0.2, 0) is 0 Å². The number of halogens is 2. The van der Waals surface area contributed by atoms with Crippen LogP contribution < -0.4 is 0 Å². The summed E-state index contributed by atoms with van der Waals surface area (Å²) < 4.78 is 2.01. The summed E-state index contributed by atoms with van der Waals surface area (Å²) >= 11 is 8.34. The third-order valence-corrected chi connectivity index (χ3v) is 4.11. The predicted molar refractivity (Wildman–Crippen MR) is 72.7 cm³/mol. The van der Waals surface area contributed by atoms with Crippen molar-refractivity contribution in [3.63, 3.8) is 0 Å². The van der Waals surface area contributed by atoms with Gasteiger partial charge in [-0.15, -0.1) is 0 Å². The van der Waals surface area contributed by atoms with Gasteiger partial charge < -0.3 is 0 Å². The van der Waals surface area contributed by atoms with Gasteiger partial charge in [0, 0.05) is 21.3 Å². The van der Waals surface area contributed by atoms with Crippen molar-refractivity contribution in [1.29, 1.82) is 0 Å². The average molecular weight is 360 g/mol. The molecular formula is C11H8Br2N2S. The second kappa shape index (κ2) is 5.29. The van der Waals surface area contributed by atoms with Crippen molar-refractivity contribution in [2.75, 3.05) is 0 Å². The minimum absolute atomic E-state index is 0.942. The van der Waals surface area contributed by atoms with Crippen molar-refractivity contribution in [1.82, 2.24) is 9.97 Å². The van der Waals surface area contributed by atoms with E-state index in [2.05, 4.69) is 41.8 Å². The molecule has 0 atom stereocenters. The molecule has 0 aliphatic rings. The molecule has 0 amide bonds. The van der Waals surface area contributed by atoms with Gasteiger partial charge in [-0.3, -0.25) is 0 Å². The Morgan fingerprint density at radius 2 is 1.81 bits per heavy atom. The molecule has 0 N–H and O–H groups in total. The molecule has 2 rings (SSSR count). The SMILES string of the molecule is Cc1cc(Sc2ccc(Br)cn2)ncc1Br. The highest BCUT2D eigenvalue weighted by Gasteiger charge is 2.02. The fourth-order valence-corrected chi connectivity index (χ4v) is 2.35. The van der Waals surface area contributed by atoms with Gasteiger partial charge in [-0.2, -0.15) is 0 Å². The van der Waals surface area contributed by atoms with E-state index in [1.54, 1.807) is 18.0 Å². The number of nitrogens with zero attached hydrogens (tertiary/aromatic N) is 2. The van der Waals surface area contributed by atoms with Gasteiger partial charge in [-0.1, -0.05) is 11.8 Å². The molecule has 0 bridgehead atoms. The first-order valence-corrected chi connectivity index (χ1v) is 6.97. The molecule has 2 aromatic heterocycles. The molecule has 0 aliphatic carbocycles. The lowest BCUT2D eigenvalue weighted by molar-refractivity contribution is 1.07. The molecule has 2 aromatic rings. The topological polar surface area (TPSA) is 25.8 Å². The molecule has 0 radical (unpaired) electrons. The Labute approximate surface area is 115 Å². The first-order valence-electron chi connectivity index (χ1n) is 4.57. The van der Waals surface area contributed by atoms with Gasteiger partial charge in [0.05, 0.1) is 0 Å². The summed E-state index contributed by atoms with van der Waals surface area (Å²) in [7, 11) is 0. The molecule has 0 spiro atoms. The molecule has 0 aliphatic heterocycles. The minimum atomic E-state index is 0.942. The van der Waals surface area contributed by atoms with Crippen LogP contribution in [0.3, 0.4) is 0 Å². The van der Waals surface area contributed by atoms with Crippen molar-refractivity contribution in [2.24, 2.45) is 0 Å². The maximum Gasteiger partial charge on any atom is 0.103 e. The van der Waals surface area contributed by atoms with Crippen LogP contribution >= 0.6 is 43.6 Å². The fraction of sp³-hybridized carbons (Fsp3) is 0.0909. The highest BCUT2D eigenvalue weighted by Crippen LogP contribution is 2.27. The molecule has 0 unspecified atom stereocenters. The summed E-state index contributed by atoms with van der Waals surface area (Å²) in [6.45, 7) is 2.05. The van der Waals surface area contributed by atoms with Gasteiger partial charge in [0.2, 0.25) is 0 Å². The van der Waals surface area contributed by atoms with Crippen LogP contribution in [-0.4, -0.2) is 9.97 Å². The van der Waals surface area contributed by atoms with Gasteiger partial charge >= 0.3 is 0 Å². The van der Waals surface area contributed by atoms with Gasteiger partial charge in [0.1, 0.15) is 10.1 Å². The van der Waals surface area contributed by atoms with Gasteiger partial charge in [-0.05, 0) is 62.5 Å². The quantitative estimate of drug-likeness (QED) is 0.791. The van der Waals surface area contributed by atoms with Crippen molar-refractivity contribution in [3.8, 4) is 0 Å². The highest BCUT2D eigenvalue weighted by molar-refractivity contribution is 9.10. The molecule has 0 fully saturated rings. The second-order valence-electron chi connectivity index (χ2n) is 3.19. The third-order valence-electron chi connectivity index (χ3n) is 1.93. The molecule has 0 saturated heterocycles. The van der Waals surface area contributed by atoms with Crippen LogP contribution in [0.4, 0.5) is 0 Å². The van der Waals surface area contributed by atoms with Gasteiger partial charge in [0.15, 0.2) is 0 Å². The smallest absolute Gasteiger partial charge is 0.103 e. The van der Waals surface area contributed by atoms with Crippen molar-refractivity contribution in [2.45, 2.75) is 17.0 Å². The first-order chi connectivity index (χ1) is 7.65. The molecule has 2 heterocycles. The van der Waals surface area contributed by atoms with Crippen LogP contribution in [0, 0.1) is 6.92 Å². The molecule has 82 valence electrons. The van der Waals surface area contributed by atoms with Crippen LogP contribution in [0.15, 0.2) is 49.6 Å². The molecule has 0 saturated carbocycles. The molecule has 5 heteroatoms. The number of pyridine rings is 2. The largest absolute Gasteiger partial charge is 0.248 e. The van der Waals surface area contributed by atoms with E-state index >= 15 is 0 Å². The average Bonchev–Trinajstić information content (AvgIpc) is 2.27. The zero-order chi connectivity index (χ0) is 11.5. The van der Waals surface area contributed by atoms with Crippen molar-refractivity contribution in [3.05, 3.63) is 45.1 Å². The summed E-state index contributed by atoms with van der Waals surface area (Å²) in [5, 5.41) is 1.90. The van der Waals surface area contributed by atoms with Gasteiger partial charge in [0.25, 0.3) is 0 Å². The van der Waals surface area contributed by atoms with E-state index < -0.39 is 0 Å². The number of rotatable bonds is 2. The summed E-state index contributed by atoms with van der Waals surface area (Å²) in [6.07, 6.45) is 3.60. The lowest BCUT2D eigenvalue weighted by Gasteiger charge is -2.02. The zero-order valence-corrected chi connectivity index (χ0v) is 12.4. The summed E-state index contributed by atoms with van der Waals surface area (Å²) in [5.41, 5.74) is 1.18. The van der Waals surface area contributed by atoms with E-state index in [0.717, 1.165) is 19.0 Å². The number of aryl methyl sites for hydroxylation is 1. The van der Waals surface area contributed by atoms with Gasteiger partial charge in [-0.25, -0.2) is 9.97 Å². The maximum absolute atomic E-state index is 4.32. The van der Waals surface area contributed by atoms with Crippen LogP contribution in [0.1, 0.15) is 5.56 Å². The molecule has 0 aromatic carbocycles. The summed E-state index contributed by atoms with van der Waals surface area (Å²) in [4.78, 5) is 8.61. The van der Waals surface area contributed by atoms with Crippen molar-refractivity contribution >= 4 is 43.6 Å². The second-order valence-corrected chi connectivity index (χ2v) is 6.00. The Bertz CT molecular complexity index is 500. The van der Waals surface area contributed by atoms with E-state index in [0.29, 0.717) is 0 Å². The minimum Gasteiger partial charge on any atom is -0.248 e. The van der Waals surface area contributed by atoms with E-state index in [1.807, 2.05) is 31.3 Å². The predicted octanol–water partition coefficient (Wildman–Crippen LogP) is 4.46. The monoisotopic (exact) mass is 358 g/mol. The van der Waals surface area contributed by atoms with E-state index in [-0.39, 0.29) is 0 Å². The molecule has 16 heavy (non-hydrogen) atoms. The molecule has 2 nitrogen and oxygen atoms in total. The highest BCUT2D eigenvalue weighted by atomic mass is 79.9. The summed E-state index contributed by atoms with van der Waals surface area (Å²) in [5.74, 6) is 0. The van der Waals surface area contributed by atoms with E-state index in [4.69, 9.17) is 0 Å². The van der Waals surface area contributed by atoms with Crippen LogP contribution in [0.25, 0.3) is 0 Å². The van der Waals surface area contributed by atoms with Crippen LogP contribution in [0.5, 0.6) is 0 Å². The lowest BCUT2D eigenvalue weighted by atomic mass is 10.3. The first kappa shape index (κ1) is 12.1. The molecular weight excluding hydrogens is 352 g/mol. The Kier molecular flexibility index (Phi) is 4.00. The Balaban J connectivity index is 2.20. The lowest BCUT2D eigenvalue weighted by Crippen LogP contribution is -1.85. The number of aromatic nitrogens is 2. The third kappa shape index (κ3) is 3.06.